The van der Waals surface area contributed by atoms with Gasteiger partial charge in [-0.15, -0.1) is 0 Å². The van der Waals surface area contributed by atoms with Crippen LogP contribution in [0.4, 0.5) is 11.6 Å². The maximum Gasteiger partial charge on any atom is 0.148 e. The molecule has 7 nitrogen and oxygen atoms in total. The van der Waals surface area contributed by atoms with Gasteiger partial charge in [0.2, 0.25) is 0 Å². The van der Waals surface area contributed by atoms with Crippen molar-refractivity contribution >= 4 is 11.6 Å². The summed E-state index contributed by atoms with van der Waals surface area (Å²) in [4.78, 5) is 12.9. The summed E-state index contributed by atoms with van der Waals surface area (Å²) in [5.74, 6) is 7.83. The Hall–Kier alpha value is -2.15. The van der Waals surface area contributed by atoms with Crippen molar-refractivity contribution in [1.82, 2.24) is 19.5 Å². The smallest absolute Gasteiger partial charge is 0.148 e. The zero-order valence-electron chi connectivity index (χ0n) is 12.6. The monoisotopic (exact) mass is 289 g/mol. The first-order valence-electron chi connectivity index (χ1n) is 7.28. The average Bonchev–Trinajstić information content (AvgIpc) is 3.01. The number of aromatic nitrogens is 4. The van der Waals surface area contributed by atoms with Gasteiger partial charge in [0.25, 0.3) is 0 Å². The number of rotatable bonds is 8. The topological polar surface area (TPSA) is 93.7 Å². The quantitative estimate of drug-likeness (QED) is 0.389. The molecule has 2 heterocycles. The van der Waals surface area contributed by atoms with Crippen molar-refractivity contribution in [2.24, 2.45) is 5.84 Å². The Morgan fingerprint density at radius 3 is 2.71 bits per heavy atom. The molecule has 0 bridgehead atoms. The molecule has 21 heavy (non-hydrogen) atoms. The number of nitrogen functional groups attached to an aromatic ring is 1. The second-order valence-corrected chi connectivity index (χ2v) is 4.89. The Balaban J connectivity index is 1.84. The van der Waals surface area contributed by atoms with E-state index in [2.05, 4.69) is 30.3 Å². The van der Waals surface area contributed by atoms with Crippen molar-refractivity contribution in [3.63, 3.8) is 0 Å². The number of imidazole rings is 1. The van der Waals surface area contributed by atoms with Gasteiger partial charge < -0.3 is 15.3 Å². The summed E-state index contributed by atoms with van der Waals surface area (Å²) < 4.78 is 2.08. The maximum absolute atomic E-state index is 5.50. The van der Waals surface area contributed by atoms with Crippen LogP contribution in [0.1, 0.15) is 31.2 Å². The highest BCUT2D eigenvalue weighted by Gasteiger charge is 2.08. The van der Waals surface area contributed by atoms with E-state index < -0.39 is 0 Å². The molecule has 0 unspecified atom stereocenters. The van der Waals surface area contributed by atoms with Crippen molar-refractivity contribution in [3.8, 4) is 0 Å². The molecular weight excluding hydrogens is 266 g/mol. The van der Waals surface area contributed by atoms with E-state index in [4.69, 9.17) is 5.84 Å². The molecule has 0 saturated carbocycles. The number of nitrogens with one attached hydrogen (secondary N) is 2. The van der Waals surface area contributed by atoms with Crippen molar-refractivity contribution in [1.29, 1.82) is 0 Å². The highest BCUT2D eigenvalue weighted by atomic mass is 15.3. The molecule has 2 aromatic heterocycles. The van der Waals surface area contributed by atoms with E-state index in [0.717, 1.165) is 49.6 Å². The highest BCUT2D eigenvalue weighted by Crippen LogP contribution is 2.19. The number of aryl methyl sites for hydroxylation is 2. The Labute approximate surface area is 125 Å². The van der Waals surface area contributed by atoms with Gasteiger partial charge in [-0.2, -0.15) is 0 Å². The fourth-order valence-corrected chi connectivity index (χ4v) is 2.08. The summed E-state index contributed by atoms with van der Waals surface area (Å²) in [5.41, 5.74) is 3.58. The van der Waals surface area contributed by atoms with E-state index >= 15 is 0 Å². The molecule has 0 amide bonds. The van der Waals surface area contributed by atoms with Crippen LogP contribution in [0.2, 0.25) is 0 Å². The first-order valence-corrected chi connectivity index (χ1v) is 7.28. The average molecular weight is 289 g/mol. The molecule has 7 heteroatoms. The summed E-state index contributed by atoms with van der Waals surface area (Å²) in [7, 11) is 0. The summed E-state index contributed by atoms with van der Waals surface area (Å²) in [6.45, 7) is 5.85. The molecule has 0 fully saturated rings. The second-order valence-electron chi connectivity index (χ2n) is 4.89. The lowest BCUT2D eigenvalue weighted by atomic mass is 10.2. The van der Waals surface area contributed by atoms with Crippen LogP contribution in [-0.2, 0) is 13.0 Å². The number of hydrogen-bond acceptors (Lipinski definition) is 6. The van der Waals surface area contributed by atoms with Gasteiger partial charge in [0, 0.05) is 37.5 Å². The van der Waals surface area contributed by atoms with Gasteiger partial charge in [-0.25, -0.2) is 20.8 Å². The molecule has 2 aromatic rings. The summed E-state index contributed by atoms with van der Waals surface area (Å²) in [6.07, 6.45) is 8.56. The maximum atomic E-state index is 5.50. The minimum absolute atomic E-state index is 0.683. The summed E-state index contributed by atoms with van der Waals surface area (Å²) in [5, 5.41) is 3.37. The van der Waals surface area contributed by atoms with Gasteiger partial charge >= 0.3 is 0 Å². The zero-order valence-corrected chi connectivity index (χ0v) is 12.6. The lowest BCUT2D eigenvalue weighted by Crippen LogP contribution is -2.15. The first kappa shape index (κ1) is 15.2. The van der Waals surface area contributed by atoms with Crippen molar-refractivity contribution in [2.45, 2.75) is 39.7 Å². The molecule has 0 aliphatic carbocycles. The molecule has 0 saturated heterocycles. The van der Waals surface area contributed by atoms with Crippen LogP contribution in [0.25, 0.3) is 0 Å². The van der Waals surface area contributed by atoms with E-state index in [-0.39, 0.29) is 0 Å². The molecular formula is C14H23N7. The Morgan fingerprint density at radius 1 is 1.24 bits per heavy atom. The predicted octanol–water partition coefficient (Wildman–Crippen LogP) is 1.72. The zero-order chi connectivity index (χ0) is 15.1. The fourth-order valence-electron chi connectivity index (χ4n) is 2.08. The van der Waals surface area contributed by atoms with Crippen LogP contribution in [0.15, 0.2) is 18.7 Å². The van der Waals surface area contributed by atoms with Gasteiger partial charge in [-0.05, 0) is 19.8 Å². The highest BCUT2D eigenvalue weighted by molar-refractivity contribution is 5.56. The molecule has 0 aliphatic rings. The van der Waals surface area contributed by atoms with E-state index in [0.29, 0.717) is 5.82 Å². The number of hydrogen-bond donors (Lipinski definition) is 3. The number of unbranched alkanes of at least 4 members (excludes halogenated alkanes) is 1. The number of nitrogens with two attached hydrogens (primary N) is 1. The van der Waals surface area contributed by atoms with Gasteiger partial charge in [0.05, 0.1) is 6.33 Å². The number of anilines is 2. The molecule has 0 atom stereocenters. The molecule has 4 N–H and O–H groups in total. The van der Waals surface area contributed by atoms with E-state index in [1.165, 1.54) is 0 Å². The Kier molecular flexibility index (Phi) is 5.51. The SMILES string of the molecule is CCc1nc(NN)c(C)c(NCCCCn2ccnc2)n1. The first-order chi connectivity index (χ1) is 10.2. The van der Waals surface area contributed by atoms with Gasteiger partial charge in [-0.1, -0.05) is 6.92 Å². The van der Waals surface area contributed by atoms with E-state index in [9.17, 15) is 0 Å². The third kappa shape index (κ3) is 4.16. The minimum atomic E-state index is 0.683. The van der Waals surface area contributed by atoms with Crippen molar-refractivity contribution in [2.75, 3.05) is 17.3 Å². The fraction of sp³-hybridized carbons (Fsp3) is 0.500. The number of hydrazine groups is 1. The summed E-state index contributed by atoms with van der Waals surface area (Å²) in [6, 6.07) is 0. The van der Waals surface area contributed by atoms with E-state index in [1.807, 2.05) is 26.4 Å². The predicted molar refractivity (Wildman–Crippen MR) is 83.9 cm³/mol. The Morgan fingerprint density at radius 2 is 2.05 bits per heavy atom. The number of nitrogens with zero attached hydrogens (tertiary/aromatic N) is 4. The molecule has 2 rings (SSSR count). The van der Waals surface area contributed by atoms with Crippen LogP contribution in [-0.4, -0.2) is 26.1 Å². The summed E-state index contributed by atoms with van der Waals surface area (Å²) >= 11 is 0. The largest absolute Gasteiger partial charge is 0.370 e. The van der Waals surface area contributed by atoms with Gasteiger partial charge in [0.15, 0.2) is 0 Å². The lowest BCUT2D eigenvalue weighted by Gasteiger charge is -2.13. The second kappa shape index (κ2) is 7.58. The minimum Gasteiger partial charge on any atom is -0.370 e. The van der Waals surface area contributed by atoms with Crippen LogP contribution in [0.5, 0.6) is 0 Å². The molecule has 0 radical (unpaired) electrons. The van der Waals surface area contributed by atoms with Crippen molar-refractivity contribution < 1.29 is 0 Å². The molecule has 0 aliphatic heterocycles. The Bertz CT molecular complexity index is 551. The van der Waals surface area contributed by atoms with Crippen LogP contribution in [0, 0.1) is 6.92 Å². The van der Waals surface area contributed by atoms with Gasteiger partial charge in [0.1, 0.15) is 17.5 Å². The molecule has 114 valence electrons. The van der Waals surface area contributed by atoms with Gasteiger partial charge in [-0.3, -0.25) is 0 Å². The van der Waals surface area contributed by atoms with Crippen LogP contribution in [0.3, 0.4) is 0 Å². The third-order valence-electron chi connectivity index (χ3n) is 3.34. The normalized spacial score (nSPS) is 10.6. The molecule has 0 spiro atoms. The van der Waals surface area contributed by atoms with E-state index in [1.54, 1.807) is 6.20 Å². The van der Waals surface area contributed by atoms with Crippen LogP contribution >= 0.6 is 0 Å². The lowest BCUT2D eigenvalue weighted by molar-refractivity contribution is 0.620. The third-order valence-corrected chi connectivity index (χ3v) is 3.34. The standard InChI is InChI=1S/C14H23N7/c1-3-12-18-13(11(2)14(19-12)20-15)17-6-4-5-8-21-9-7-16-10-21/h7,9-10H,3-6,8,15H2,1-2H3,(H2,17,18,19,20). The van der Waals surface area contributed by atoms with Crippen molar-refractivity contribution in [3.05, 3.63) is 30.1 Å². The van der Waals surface area contributed by atoms with Crippen LogP contribution < -0.4 is 16.6 Å². The molecule has 0 aromatic carbocycles.